The Morgan fingerprint density at radius 2 is 2.06 bits per heavy atom. The lowest BCUT2D eigenvalue weighted by atomic mass is 10.5. The molecule has 84 valence electrons. The molecule has 0 aliphatic heterocycles. The highest BCUT2D eigenvalue weighted by Crippen LogP contribution is 2.25. The van der Waals surface area contributed by atoms with Crippen LogP contribution in [0.2, 0.25) is 0 Å². The molecule has 17 heavy (non-hydrogen) atoms. The number of hydrogen-bond donors (Lipinski definition) is 0. The Hall–Kier alpha value is -1.40. The van der Waals surface area contributed by atoms with Gasteiger partial charge in [0.05, 0.1) is 0 Å². The molecule has 3 rings (SSSR count). The van der Waals surface area contributed by atoms with Crippen molar-refractivity contribution in [1.29, 1.82) is 0 Å². The van der Waals surface area contributed by atoms with Crippen LogP contribution in [-0.4, -0.2) is 19.6 Å². The van der Waals surface area contributed by atoms with Crippen LogP contribution in [0.25, 0.3) is 5.65 Å². The Labute approximate surface area is 110 Å². The van der Waals surface area contributed by atoms with E-state index in [0.717, 1.165) is 20.3 Å². The maximum Gasteiger partial charge on any atom is 0.201 e. The second-order valence-electron chi connectivity index (χ2n) is 3.33. The van der Waals surface area contributed by atoms with Crippen molar-refractivity contribution in [2.45, 2.75) is 10.2 Å². The first-order valence-corrected chi connectivity index (χ1v) is 6.53. The van der Waals surface area contributed by atoms with Gasteiger partial charge in [-0.05, 0) is 52.0 Å². The lowest BCUT2D eigenvalue weighted by molar-refractivity contribution is 0.917. The number of nitrogens with zero attached hydrogens (tertiary/aromatic N) is 4. The van der Waals surface area contributed by atoms with Crippen molar-refractivity contribution in [3.8, 4) is 0 Å². The quantitative estimate of drug-likeness (QED) is 0.730. The molecule has 0 aliphatic rings. The van der Waals surface area contributed by atoms with E-state index < -0.39 is 0 Å². The standard InChI is InChI=1S/C11H7BrN4S/c12-8-4-5-10(13-7-8)17-11-15-14-9-3-1-2-6-16(9)11/h1-7H. The van der Waals surface area contributed by atoms with Crippen molar-refractivity contribution in [1.82, 2.24) is 19.6 Å². The molecule has 0 unspecified atom stereocenters. The van der Waals surface area contributed by atoms with Gasteiger partial charge in [0.25, 0.3) is 0 Å². The zero-order chi connectivity index (χ0) is 11.7. The maximum atomic E-state index is 4.29. The van der Waals surface area contributed by atoms with Gasteiger partial charge in [0.15, 0.2) is 5.65 Å². The molecule has 0 atom stereocenters. The Balaban J connectivity index is 1.97. The molecule has 0 radical (unpaired) electrons. The van der Waals surface area contributed by atoms with Crippen molar-refractivity contribution in [3.63, 3.8) is 0 Å². The van der Waals surface area contributed by atoms with Gasteiger partial charge in [-0.1, -0.05) is 6.07 Å². The third-order valence-corrected chi connectivity index (χ3v) is 3.56. The highest BCUT2D eigenvalue weighted by atomic mass is 79.9. The van der Waals surface area contributed by atoms with Crippen LogP contribution in [0.15, 0.2) is 57.4 Å². The average Bonchev–Trinajstić information content (AvgIpc) is 2.76. The summed E-state index contributed by atoms with van der Waals surface area (Å²) in [4.78, 5) is 4.29. The topological polar surface area (TPSA) is 43.1 Å². The van der Waals surface area contributed by atoms with Crippen LogP contribution < -0.4 is 0 Å². The first-order chi connectivity index (χ1) is 8.33. The molecule has 0 saturated heterocycles. The Morgan fingerprint density at radius 1 is 1.12 bits per heavy atom. The molecule has 0 fully saturated rings. The van der Waals surface area contributed by atoms with E-state index in [4.69, 9.17) is 0 Å². The van der Waals surface area contributed by atoms with E-state index in [2.05, 4.69) is 31.1 Å². The molecule has 0 N–H and O–H groups in total. The summed E-state index contributed by atoms with van der Waals surface area (Å²) in [6, 6.07) is 9.72. The van der Waals surface area contributed by atoms with Gasteiger partial charge >= 0.3 is 0 Å². The molecule has 3 aromatic heterocycles. The third kappa shape index (κ3) is 2.18. The van der Waals surface area contributed by atoms with Gasteiger partial charge in [0.1, 0.15) is 5.03 Å². The van der Waals surface area contributed by atoms with Crippen molar-refractivity contribution in [2.24, 2.45) is 0 Å². The molecule has 3 aromatic rings. The van der Waals surface area contributed by atoms with Gasteiger partial charge < -0.3 is 0 Å². The fourth-order valence-corrected chi connectivity index (χ4v) is 2.40. The highest BCUT2D eigenvalue weighted by Gasteiger charge is 2.06. The molecule has 4 nitrogen and oxygen atoms in total. The molecular formula is C11H7BrN4S. The number of pyridine rings is 2. The van der Waals surface area contributed by atoms with Crippen molar-refractivity contribution in [2.75, 3.05) is 0 Å². The summed E-state index contributed by atoms with van der Waals surface area (Å²) in [7, 11) is 0. The van der Waals surface area contributed by atoms with E-state index in [9.17, 15) is 0 Å². The average molecular weight is 307 g/mol. The summed E-state index contributed by atoms with van der Waals surface area (Å²) in [6.07, 6.45) is 3.71. The first-order valence-electron chi connectivity index (χ1n) is 4.92. The maximum absolute atomic E-state index is 4.29. The molecule has 0 amide bonds. The van der Waals surface area contributed by atoms with Crippen LogP contribution in [0.3, 0.4) is 0 Å². The summed E-state index contributed by atoms with van der Waals surface area (Å²) >= 11 is 4.85. The van der Waals surface area contributed by atoms with Crippen molar-refractivity contribution in [3.05, 3.63) is 47.2 Å². The lowest BCUT2D eigenvalue weighted by Gasteiger charge is -1.98. The van der Waals surface area contributed by atoms with Gasteiger partial charge in [-0.25, -0.2) is 4.98 Å². The fourth-order valence-electron chi connectivity index (χ4n) is 1.41. The predicted molar refractivity (Wildman–Crippen MR) is 69.0 cm³/mol. The monoisotopic (exact) mass is 306 g/mol. The van der Waals surface area contributed by atoms with Gasteiger partial charge in [-0.2, -0.15) is 0 Å². The van der Waals surface area contributed by atoms with Gasteiger partial charge in [-0.3, -0.25) is 4.40 Å². The summed E-state index contributed by atoms with van der Waals surface area (Å²) in [5.41, 5.74) is 0.840. The van der Waals surface area contributed by atoms with E-state index in [1.165, 1.54) is 11.8 Å². The summed E-state index contributed by atoms with van der Waals surface area (Å²) in [5, 5.41) is 9.93. The largest absolute Gasteiger partial charge is 0.277 e. The zero-order valence-electron chi connectivity index (χ0n) is 8.62. The van der Waals surface area contributed by atoms with E-state index >= 15 is 0 Å². The SMILES string of the molecule is Brc1ccc(Sc2nnc3ccccn23)nc1. The fraction of sp³-hybridized carbons (Fsp3) is 0. The smallest absolute Gasteiger partial charge is 0.201 e. The van der Waals surface area contributed by atoms with Gasteiger partial charge in [0, 0.05) is 16.9 Å². The molecule has 0 aromatic carbocycles. The lowest BCUT2D eigenvalue weighted by Crippen LogP contribution is -1.87. The van der Waals surface area contributed by atoms with Crippen LogP contribution in [0.5, 0.6) is 0 Å². The number of aromatic nitrogens is 4. The number of hydrogen-bond acceptors (Lipinski definition) is 4. The zero-order valence-corrected chi connectivity index (χ0v) is 11.0. The molecule has 6 heteroatoms. The summed E-state index contributed by atoms with van der Waals surface area (Å²) in [5.74, 6) is 0. The van der Waals surface area contributed by atoms with E-state index in [1.54, 1.807) is 6.20 Å². The number of rotatable bonds is 2. The number of fused-ring (bicyclic) bond motifs is 1. The molecule has 0 saturated carbocycles. The molecular weight excluding hydrogens is 300 g/mol. The van der Waals surface area contributed by atoms with Crippen molar-refractivity contribution >= 4 is 33.3 Å². The molecule has 0 spiro atoms. The Kier molecular flexibility index (Phi) is 2.82. The minimum Gasteiger partial charge on any atom is -0.277 e. The van der Waals surface area contributed by atoms with Crippen LogP contribution in [-0.2, 0) is 0 Å². The van der Waals surface area contributed by atoms with Crippen LogP contribution in [0, 0.1) is 0 Å². The first kappa shape index (κ1) is 10.7. The summed E-state index contributed by atoms with van der Waals surface area (Å²) < 4.78 is 2.90. The third-order valence-electron chi connectivity index (χ3n) is 2.18. The normalized spacial score (nSPS) is 10.9. The Morgan fingerprint density at radius 3 is 2.88 bits per heavy atom. The van der Waals surface area contributed by atoms with E-state index in [1.807, 2.05) is 40.9 Å². The second kappa shape index (κ2) is 4.46. The number of halogens is 1. The minimum atomic E-state index is 0.815. The minimum absolute atomic E-state index is 0.815. The van der Waals surface area contributed by atoms with Gasteiger partial charge in [0.2, 0.25) is 5.16 Å². The van der Waals surface area contributed by atoms with Crippen LogP contribution in [0.1, 0.15) is 0 Å². The Bertz CT molecular complexity index is 650. The molecule has 0 aliphatic carbocycles. The summed E-state index contributed by atoms with van der Waals surface area (Å²) in [6.45, 7) is 0. The molecule has 3 heterocycles. The van der Waals surface area contributed by atoms with Crippen LogP contribution >= 0.6 is 27.7 Å². The van der Waals surface area contributed by atoms with Crippen molar-refractivity contribution < 1.29 is 0 Å². The molecule has 0 bridgehead atoms. The predicted octanol–water partition coefficient (Wildman–Crippen LogP) is 3.04. The van der Waals surface area contributed by atoms with Gasteiger partial charge in [-0.15, -0.1) is 10.2 Å². The highest BCUT2D eigenvalue weighted by molar-refractivity contribution is 9.10. The van der Waals surface area contributed by atoms with E-state index in [-0.39, 0.29) is 0 Å². The van der Waals surface area contributed by atoms with E-state index in [0.29, 0.717) is 0 Å². The van der Waals surface area contributed by atoms with Crippen LogP contribution in [0.4, 0.5) is 0 Å². The second-order valence-corrected chi connectivity index (χ2v) is 5.23.